The third-order valence-corrected chi connectivity index (χ3v) is 4.23. The van der Waals surface area contributed by atoms with Crippen LogP contribution in [-0.4, -0.2) is 16.0 Å². The second-order valence-corrected chi connectivity index (χ2v) is 6.85. The molecule has 1 rings (SSSR count). The van der Waals surface area contributed by atoms with Crippen LogP contribution < -0.4 is 5.32 Å². The minimum atomic E-state index is 0.650. The molecule has 15 heavy (non-hydrogen) atoms. The van der Waals surface area contributed by atoms with E-state index in [0.29, 0.717) is 17.1 Å². The normalized spacial score (nSPS) is 22.1. The first-order valence-corrected chi connectivity index (χ1v) is 6.93. The first-order valence-electron chi connectivity index (χ1n) is 5.64. The first-order chi connectivity index (χ1) is 6.99. The van der Waals surface area contributed by atoms with Gasteiger partial charge in [0.2, 0.25) is 0 Å². The predicted molar refractivity (Wildman–Crippen MR) is 74.4 cm³/mol. The molecule has 0 saturated carbocycles. The van der Waals surface area contributed by atoms with Gasteiger partial charge in [0.15, 0.2) is 0 Å². The van der Waals surface area contributed by atoms with Gasteiger partial charge in [0.1, 0.15) is 0 Å². The number of hydrogen-bond acceptors (Lipinski definition) is 3. The smallest absolute Gasteiger partial charge is 0.0725 e. The first kappa shape index (κ1) is 13.0. The van der Waals surface area contributed by atoms with Crippen LogP contribution >= 0.6 is 24.0 Å². The Bertz CT molecular complexity index is 256. The van der Waals surface area contributed by atoms with Crippen molar-refractivity contribution in [1.29, 1.82) is 0 Å². The minimum absolute atomic E-state index is 0.650. The van der Waals surface area contributed by atoms with Gasteiger partial charge in [-0.05, 0) is 24.3 Å². The van der Waals surface area contributed by atoms with Crippen molar-refractivity contribution in [3.05, 3.63) is 11.8 Å². The van der Waals surface area contributed by atoms with Crippen LogP contribution in [0.2, 0.25) is 0 Å². The lowest BCUT2D eigenvalue weighted by Crippen LogP contribution is -2.27. The monoisotopic (exact) mass is 243 g/mol. The number of allylic oxidation sites excluding steroid dienone is 1. The molecule has 1 aliphatic rings. The van der Waals surface area contributed by atoms with Crippen LogP contribution in [0.15, 0.2) is 11.8 Å². The van der Waals surface area contributed by atoms with Crippen molar-refractivity contribution >= 4 is 28.2 Å². The summed E-state index contributed by atoms with van der Waals surface area (Å²) in [6, 6.07) is 0. The highest BCUT2D eigenvalue weighted by Gasteiger charge is 2.21. The lowest BCUT2D eigenvalue weighted by Gasteiger charge is -2.26. The molecular formula is C12H21NS2. The average Bonchev–Trinajstić information content (AvgIpc) is 2.13. The molecule has 0 aliphatic carbocycles. The molecular weight excluding hydrogens is 222 g/mol. The molecule has 0 amide bonds. The summed E-state index contributed by atoms with van der Waals surface area (Å²) in [4.78, 5) is 0. The van der Waals surface area contributed by atoms with Crippen LogP contribution in [0.5, 0.6) is 0 Å². The summed E-state index contributed by atoms with van der Waals surface area (Å²) >= 11 is 7.15. The van der Waals surface area contributed by atoms with E-state index < -0.39 is 0 Å². The maximum Gasteiger partial charge on any atom is 0.0725 e. The number of thioether (sulfide) groups is 1. The van der Waals surface area contributed by atoms with E-state index in [1.807, 2.05) is 11.8 Å². The molecule has 1 nitrogen and oxygen atoms in total. The summed E-state index contributed by atoms with van der Waals surface area (Å²) in [5.74, 6) is 1.38. The average molecular weight is 243 g/mol. The van der Waals surface area contributed by atoms with Gasteiger partial charge >= 0.3 is 0 Å². The lowest BCUT2D eigenvalue weighted by atomic mass is 10.0. The van der Waals surface area contributed by atoms with E-state index in [4.69, 9.17) is 12.2 Å². The molecule has 1 heterocycles. The van der Waals surface area contributed by atoms with Crippen LogP contribution in [0.25, 0.3) is 0 Å². The second kappa shape index (κ2) is 5.90. The second-order valence-electron chi connectivity index (χ2n) is 4.87. The molecule has 1 unspecified atom stereocenters. The summed E-state index contributed by atoms with van der Waals surface area (Å²) < 4.78 is 1.03. The van der Waals surface area contributed by atoms with E-state index in [1.54, 1.807) is 0 Å². The molecule has 0 saturated heterocycles. The molecule has 1 atom stereocenters. The van der Waals surface area contributed by atoms with Crippen molar-refractivity contribution in [3.8, 4) is 0 Å². The molecule has 3 heteroatoms. The lowest BCUT2D eigenvalue weighted by molar-refractivity contribution is 0.551. The third-order valence-electron chi connectivity index (χ3n) is 2.46. The maximum absolute atomic E-state index is 5.31. The Morgan fingerprint density at radius 1 is 1.47 bits per heavy atom. The minimum Gasteiger partial charge on any atom is -0.388 e. The Kier molecular flexibility index (Phi) is 5.13. The van der Waals surface area contributed by atoms with Crippen LogP contribution in [0.3, 0.4) is 0 Å². The highest BCUT2D eigenvalue weighted by molar-refractivity contribution is 8.24. The zero-order valence-electron chi connectivity index (χ0n) is 10.0. The molecule has 0 aromatic rings. The summed E-state index contributed by atoms with van der Waals surface area (Å²) in [7, 11) is 0. The van der Waals surface area contributed by atoms with E-state index in [9.17, 15) is 0 Å². The Balaban J connectivity index is 2.53. The molecule has 0 aromatic heterocycles. The fraction of sp³-hybridized carbons (Fsp3) is 0.750. The van der Waals surface area contributed by atoms with Crippen molar-refractivity contribution < 1.29 is 0 Å². The molecule has 1 N–H and O–H groups in total. The van der Waals surface area contributed by atoms with Gasteiger partial charge < -0.3 is 5.32 Å². The molecule has 0 bridgehead atoms. The van der Waals surface area contributed by atoms with E-state index in [2.05, 4.69) is 39.1 Å². The topological polar surface area (TPSA) is 12.0 Å². The Hall–Kier alpha value is -0.0200. The zero-order valence-corrected chi connectivity index (χ0v) is 11.7. The Morgan fingerprint density at radius 2 is 2.13 bits per heavy atom. The number of thiocarbonyl (C=S) groups is 1. The molecule has 0 aromatic carbocycles. The number of nitrogens with one attached hydrogen (secondary N) is 1. The fourth-order valence-corrected chi connectivity index (χ4v) is 3.03. The summed E-state index contributed by atoms with van der Waals surface area (Å²) in [6.45, 7) is 10.0. The summed E-state index contributed by atoms with van der Waals surface area (Å²) in [5.41, 5.74) is 1.33. The van der Waals surface area contributed by atoms with E-state index >= 15 is 0 Å². The van der Waals surface area contributed by atoms with Crippen molar-refractivity contribution in [2.45, 2.75) is 39.4 Å². The van der Waals surface area contributed by atoms with Gasteiger partial charge in [0.05, 0.1) is 4.20 Å². The number of rotatable bonds is 4. The van der Waals surface area contributed by atoms with Crippen molar-refractivity contribution in [3.63, 3.8) is 0 Å². The van der Waals surface area contributed by atoms with Crippen LogP contribution in [0.4, 0.5) is 0 Å². The van der Waals surface area contributed by atoms with Gasteiger partial charge in [0.25, 0.3) is 0 Å². The van der Waals surface area contributed by atoms with Gasteiger partial charge in [-0.15, -0.1) is 11.8 Å². The van der Waals surface area contributed by atoms with Crippen LogP contribution in [0, 0.1) is 11.8 Å². The molecule has 0 spiro atoms. The van der Waals surface area contributed by atoms with E-state index in [-0.39, 0.29) is 0 Å². The Morgan fingerprint density at radius 3 is 2.67 bits per heavy atom. The van der Waals surface area contributed by atoms with Gasteiger partial charge in [0, 0.05) is 17.5 Å². The van der Waals surface area contributed by atoms with E-state index in [0.717, 1.165) is 17.2 Å². The Labute approximate surface area is 103 Å². The molecule has 0 fully saturated rings. The number of hydrogen-bond donors (Lipinski definition) is 1. The fourth-order valence-electron chi connectivity index (χ4n) is 1.47. The van der Waals surface area contributed by atoms with Crippen LogP contribution in [-0.2, 0) is 0 Å². The highest BCUT2D eigenvalue weighted by atomic mass is 32.2. The van der Waals surface area contributed by atoms with Gasteiger partial charge in [-0.2, -0.15) is 0 Å². The van der Waals surface area contributed by atoms with Crippen molar-refractivity contribution in [1.82, 2.24) is 5.32 Å². The highest BCUT2D eigenvalue weighted by Crippen LogP contribution is 2.31. The maximum atomic E-state index is 5.31. The van der Waals surface area contributed by atoms with Gasteiger partial charge in [-0.1, -0.05) is 39.9 Å². The molecule has 0 radical (unpaired) electrons. The third kappa shape index (κ3) is 4.56. The van der Waals surface area contributed by atoms with Gasteiger partial charge in [-0.3, -0.25) is 0 Å². The van der Waals surface area contributed by atoms with Crippen LogP contribution in [0.1, 0.15) is 34.1 Å². The molecule has 1 aliphatic heterocycles. The van der Waals surface area contributed by atoms with E-state index in [1.165, 1.54) is 5.70 Å². The molecule has 86 valence electrons. The van der Waals surface area contributed by atoms with Crippen molar-refractivity contribution in [2.75, 3.05) is 6.54 Å². The SMILES string of the molecule is CC(C)CNC1=CC(=S)SC(C(C)C)C1. The predicted octanol–water partition coefficient (Wildman–Crippen LogP) is 3.60. The zero-order chi connectivity index (χ0) is 11.4. The summed E-state index contributed by atoms with van der Waals surface area (Å²) in [6.07, 6.45) is 3.26. The quantitative estimate of drug-likeness (QED) is 0.758. The summed E-state index contributed by atoms with van der Waals surface area (Å²) in [5, 5.41) is 4.15. The standard InChI is InChI=1S/C12H21NS2/c1-8(2)7-13-10-5-11(9(3)4)15-12(14)6-10/h6,8-9,11,13H,5,7H2,1-4H3. The van der Waals surface area contributed by atoms with Crippen molar-refractivity contribution in [2.24, 2.45) is 11.8 Å². The van der Waals surface area contributed by atoms with Gasteiger partial charge in [-0.25, -0.2) is 0 Å². The largest absolute Gasteiger partial charge is 0.388 e.